The largest absolute Gasteiger partial charge is 0.496 e. The van der Waals surface area contributed by atoms with E-state index < -0.39 is 5.60 Å². The molecule has 0 fully saturated rings. The fraction of sp³-hybridized carbons (Fsp3) is 0.462. The number of hydrogen-bond donors (Lipinski definition) is 3. The van der Waals surface area contributed by atoms with E-state index in [1.165, 1.54) is 18.9 Å². The van der Waals surface area contributed by atoms with Gasteiger partial charge >= 0.3 is 0 Å². The highest BCUT2D eigenvalue weighted by molar-refractivity contribution is 7.98. The summed E-state index contributed by atoms with van der Waals surface area (Å²) in [5.41, 5.74) is 5.48. The van der Waals surface area contributed by atoms with Crippen LogP contribution in [0.2, 0.25) is 0 Å². The van der Waals surface area contributed by atoms with E-state index in [0.29, 0.717) is 22.8 Å². The maximum Gasteiger partial charge on any atom is 0.257 e. The van der Waals surface area contributed by atoms with Crippen LogP contribution in [0.25, 0.3) is 0 Å². The number of carbonyl (C=O) groups is 1. The first-order valence-corrected chi connectivity index (χ1v) is 7.22. The molecule has 1 amide bonds. The van der Waals surface area contributed by atoms with Gasteiger partial charge in [-0.15, -0.1) is 0 Å². The number of nitrogen functional groups attached to an aromatic ring is 1. The van der Waals surface area contributed by atoms with Crippen molar-refractivity contribution in [3.05, 3.63) is 23.8 Å². The van der Waals surface area contributed by atoms with Crippen LogP contribution in [0.1, 0.15) is 17.3 Å². The Balaban J connectivity index is 2.79. The zero-order valence-electron chi connectivity index (χ0n) is 11.4. The average Bonchev–Trinajstić information content (AvgIpc) is 2.35. The highest BCUT2D eigenvalue weighted by Crippen LogP contribution is 2.24. The first kappa shape index (κ1) is 15.7. The third-order valence-electron chi connectivity index (χ3n) is 2.59. The van der Waals surface area contributed by atoms with Crippen LogP contribution in [0, 0.1) is 0 Å². The normalized spacial score (nSPS) is 13.7. The molecule has 0 radical (unpaired) electrons. The van der Waals surface area contributed by atoms with E-state index in [1.807, 2.05) is 6.26 Å². The Morgan fingerprint density at radius 1 is 1.58 bits per heavy atom. The number of hydrogen-bond acceptors (Lipinski definition) is 5. The molecule has 0 aliphatic carbocycles. The molecule has 0 aliphatic rings. The second-order valence-corrected chi connectivity index (χ2v) is 5.40. The molecule has 0 aromatic heterocycles. The molecule has 0 saturated carbocycles. The summed E-state index contributed by atoms with van der Waals surface area (Å²) in [6.07, 6.45) is 1.90. The SMILES string of the molecule is COc1cccc(N)c1C(=O)NCC(C)(O)CSC. The molecule has 0 heterocycles. The molecule has 19 heavy (non-hydrogen) atoms. The molecule has 0 aliphatic heterocycles. The van der Waals surface area contributed by atoms with Gasteiger partial charge in [-0.05, 0) is 25.3 Å². The number of amides is 1. The molecule has 0 spiro atoms. The highest BCUT2D eigenvalue weighted by Gasteiger charge is 2.22. The van der Waals surface area contributed by atoms with Gasteiger partial charge in [0, 0.05) is 18.0 Å². The summed E-state index contributed by atoms with van der Waals surface area (Å²) in [6, 6.07) is 5.03. The van der Waals surface area contributed by atoms with Crippen molar-refractivity contribution in [1.82, 2.24) is 5.32 Å². The zero-order valence-corrected chi connectivity index (χ0v) is 12.2. The summed E-state index contributed by atoms with van der Waals surface area (Å²) in [5.74, 6) is 0.604. The highest BCUT2D eigenvalue weighted by atomic mass is 32.2. The van der Waals surface area contributed by atoms with E-state index in [1.54, 1.807) is 25.1 Å². The van der Waals surface area contributed by atoms with Gasteiger partial charge in [-0.1, -0.05) is 6.07 Å². The molecule has 0 bridgehead atoms. The van der Waals surface area contributed by atoms with Crippen molar-refractivity contribution in [2.75, 3.05) is 31.4 Å². The van der Waals surface area contributed by atoms with Crippen molar-refractivity contribution in [3.8, 4) is 5.75 Å². The topological polar surface area (TPSA) is 84.6 Å². The van der Waals surface area contributed by atoms with Crippen molar-refractivity contribution in [1.29, 1.82) is 0 Å². The van der Waals surface area contributed by atoms with E-state index in [0.717, 1.165) is 0 Å². The van der Waals surface area contributed by atoms with Gasteiger partial charge < -0.3 is 20.9 Å². The van der Waals surface area contributed by atoms with Gasteiger partial charge in [-0.2, -0.15) is 11.8 Å². The average molecular weight is 284 g/mol. The van der Waals surface area contributed by atoms with Gasteiger partial charge in [0.15, 0.2) is 0 Å². The third kappa shape index (κ3) is 4.33. The first-order chi connectivity index (χ1) is 8.91. The molecule has 5 nitrogen and oxygen atoms in total. The number of thioether (sulfide) groups is 1. The van der Waals surface area contributed by atoms with Crippen molar-refractivity contribution < 1.29 is 14.6 Å². The van der Waals surface area contributed by atoms with Gasteiger partial charge in [0.2, 0.25) is 0 Å². The maximum atomic E-state index is 12.1. The van der Waals surface area contributed by atoms with Crippen LogP contribution in [0.4, 0.5) is 5.69 Å². The van der Waals surface area contributed by atoms with Crippen molar-refractivity contribution in [3.63, 3.8) is 0 Å². The first-order valence-electron chi connectivity index (χ1n) is 5.83. The van der Waals surface area contributed by atoms with Crippen molar-refractivity contribution in [2.45, 2.75) is 12.5 Å². The lowest BCUT2D eigenvalue weighted by molar-refractivity contribution is 0.0724. The smallest absolute Gasteiger partial charge is 0.257 e. The second kappa shape index (κ2) is 6.68. The zero-order chi connectivity index (χ0) is 14.5. The van der Waals surface area contributed by atoms with Crippen LogP contribution in [-0.2, 0) is 0 Å². The molecule has 1 aromatic carbocycles. The number of benzene rings is 1. The lowest BCUT2D eigenvalue weighted by Crippen LogP contribution is -2.42. The Hall–Kier alpha value is -1.40. The number of ether oxygens (including phenoxy) is 1. The molecule has 1 rings (SSSR count). The number of methoxy groups -OCH3 is 1. The fourth-order valence-corrected chi connectivity index (χ4v) is 2.41. The monoisotopic (exact) mass is 284 g/mol. The van der Waals surface area contributed by atoms with Gasteiger partial charge in [0.1, 0.15) is 11.3 Å². The Morgan fingerprint density at radius 3 is 2.84 bits per heavy atom. The number of aliphatic hydroxyl groups is 1. The third-order valence-corrected chi connectivity index (χ3v) is 3.50. The van der Waals surface area contributed by atoms with Gasteiger partial charge in [0.25, 0.3) is 5.91 Å². The summed E-state index contributed by atoms with van der Waals surface area (Å²) in [5, 5.41) is 12.7. The number of anilines is 1. The Morgan fingerprint density at radius 2 is 2.26 bits per heavy atom. The van der Waals surface area contributed by atoms with Crippen molar-refractivity contribution >= 4 is 23.4 Å². The van der Waals surface area contributed by atoms with Gasteiger partial charge in [-0.25, -0.2) is 0 Å². The van der Waals surface area contributed by atoms with Crippen LogP contribution < -0.4 is 15.8 Å². The van der Waals surface area contributed by atoms with Crippen LogP contribution in [0.15, 0.2) is 18.2 Å². The molecule has 0 saturated heterocycles. The number of carbonyl (C=O) groups excluding carboxylic acids is 1. The van der Waals surface area contributed by atoms with E-state index in [-0.39, 0.29) is 12.5 Å². The molecule has 1 atom stereocenters. The van der Waals surface area contributed by atoms with Crippen LogP contribution in [0.3, 0.4) is 0 Å². The predicted molar refractivity (Wildman–Crippen MR) is 78.7 cm³/mol. The van der Waals surface area contributed by atoms with Crippen LogP contribution in [0.5, 0.6) is 5.75 Å². The van der Waals surface area contributed by atoms with Gasteiger partial charge in [-0.3, -0.25) is 4.79 Å². The standard InChI is InChI=1S/C13H20N2O3S/c1-13(17,8-19-3)7-15-12(16)11-9(14)5-4-6-10(11)18-2/h4-6,17H,7-8,14H2,1-3H3,(H,15,16). The molecule has 4 N–H and O–H groups in total. The van der Waals surface area contributed by atoms with Crippen LogP contribution in [-0.4, -0.2) is 42.3 Å². The minimum atomic E-state index is -0.953. The Kier molecular flexibility index (Phi) is 5.50. The van der Waals surface area contributed by atoms with E-state index in [2.05, 4.69) is 5.32 Å². The summed E-state index contributed by atoms with van der Waals surface area (Å²) < 4.78 is 5.12. The Bertz CT molecular complexity index is 450. The number of nitrogens with one attached hydrogen (secondary N) is 1. The summed E-state index contributed by atoms with van der Waals surface area (Å²) >= 11 is 1.52. The maximum absolute atomic E-state index is 12.1. The quantitative estimate of drug-likeness (QED) is 0.682. The molecular weight excluding hydrogens is 264 g/mol. The summed E-state index contributed by atoms with van der Waals surface area (Å²) in [7, 11) is 1.48. The van der Waals surface area contributed by atoms with E-state index >= 15 is 0 Å². The number of rotatable bonds is 6. The van der Waals surface area contributed by atoms with E-state index in [9.17, 15) is 9.90 Å². The molecule has 1 unspecified atom stereocenters. The molecular formula is C13H20N2O3S. The minimum Gasteiger partial charge on any atom is -0.496 e. The molecule has 106 valence electrons. The lowest BCUT2D eigenvalue weighted by atomic mass is 10.1. The lowest BCUT2D eigenvalue weighted by Gasteiger charge is -2.23. The second-order valence-electron chi connectivity index (χ2n) is 4.54. The van der Waals surface area contributed by atoms with Crippen molar-refractivity contribution in [2.24, 2.45) is 0 Å². The fourth-order valence-electron chi connectivity index (χ4n) is 1.68. The predicted octanol–water partition coefficient (Wildman–Crippen LogP) is 1.12. The summed E-state index contributed by atoms with van der Waals surface area (Å²) in [4.78, 5) is 12.1. The Labute approximate surface area is 117 Å². The summed E-state index contributed by atoms with van der Waals surface area (Å²) in [6.45, 7) is 1.83. The van der Waals surface area contributed by atoms with Crippen LogP contribution >= 0.6 is 11.8 Å². The molecule has 1 aromatic rings. The van der Waals surface area contributed by atoms with E-state index in [4.69, 9.17) is 10.5 Å². The molecule has 6 heteroatoms. The van der Waals surface area contributed by atoms with Gasteiger partial charge in [0.05, 0.1) is 12.7 Å². The number of nitrogens with two attached hydrogens (primary N) is 1. The minimum absolute atomic E-state index is 0.157.